The second-order valence-electron chi connectivity index (χ2n) is 5.91. The van der Waals surface area contributed by atoms with E-state index in [1.54, 1.807) is 18.2 Å². The topological polar surface area (TPSA) is 66.7 Å². The van der Waals surface area contributed by atoms with Crippen molar-refractivity contribution in [2.75, 3.05) is 20.1 Å². The normalized spacial score (nSPS) is 17.8. The number of nitrogens with zero attached hydrogens (tertiary/aromatic N) is 3. The summed E-state index contributed by atoms with van der Waals surface area (Å²) in [7, 11) is 1.59. The van der Waals surface area contributed by atoms with Crippen LogP contribution in [0.25, 0.3) is 0 Å². The molecule has 1 aliphatic rings. The summed E-state index contributed by atoms with van der Waals surface area (Å²) in [4.78, 5) is 31.5. The Kier molecular flexibility index (Phi) is 5.00. The monoisotopic (exact) mass is 305 g/mol. The summed E-state index contributed by atoms with van der Waals surface area (Å²) in [5.41, 5.74) is 0.897. The average Bonchev–Trinajstić information content (AvgIpc) is 3.14. The minimum atomic E-state index is -0.262. The molecular formula is C16H23N3O3. The van der Waals surface area contributed by atoms with Crippen LogP contribution in [0.15, 0.2) is 23.3 Å². The Morgan fingerprint density at radius 1 is 1.59 bits per heavy atom. The zero-order valence-corrected chi connectivity index (χ0v) is 13.4. The SMILES string of the molecule is C=CC(=O)N(C)CC(=O)N1CCC[C@H]1c1nc(C(C)C)co1. The van der Waals surface area contributed by atoms with Gasteiger partial charge in [-0.15, -0.1) is 0 Å². The van der Waals surface area contributed by atoms with E-state index in [4.69, 9.17) is 4.42 Å². The maximum absolute atomic E-state index is 12.4. The number of rotatable bonds is 5. The summed E-state index contributed by atoms with van der Waals surface area (Å²) in [6.45, 7) is 8.23. The molecule has 22 heavy (non-hydrogen) atoms. The number of carbonyl (C=O) groups is 2. The minimum absolute atomic E-state index is 0.0408. The van der Waals surface area contributed by atoms with Gasteiger partial charge in [0.1, 0.15) is 12.3 Å². The highest BCUT2D eigenvalue weighted by molar-refractivity contribution is 5.90. The van der Waals surface area contributed by atoms with Crippen molar-refractivity contribution in [3.8, 4) is 0 Å². The van der Waals surface area contributed by atoms with Crippen LogP contribution in [0, 0.1) is 0 Å². The van der Waals surface area contributed by atoms with Crippen LogP contribution < -0.4 is 0 Å². The Labute approximate surface area is 130 Å². The molecule has 120 valence electrons. The molecule has 6 nitrogen and oxygen atoms in total. The first kappa shape index (κ1) is 16.3. The van der Waals surface area contributed by atoms with Gasteiger partial charge < -0.3 is 14.2 Å². The van der Waals surface area contributed by atoms with Crippen LogP contribution in [-0.4, -0.2) is 46.7 Å². The van der Waals surface area contributed by atoms with Crippen molar-refractivity contribution < 1.29 is 14.0 Å². The highest BCUT2D eigenvalue weighted by Gasteiger charge is 2.34. The predicted molar refractivity (Wildman–Crippen MR) is 82.1 cm³/mol. The van der Waals surface area contributed by atoms with Gasteiger partial charge in [0.25, 0.3) is 0 Å². The molecule has 1 fully saturated rings. The lowest BCUT2D eigenvalue weighted by molar-refractivity contribution is -0.138. The molecule has 1 aliphatic heterocycles. The number of carbonyl (C=O) groups excluding carboxylic acids is 2. The molecule has 0 spiro atoms. The Balaban J connectivity index is 2.07. The standard InChI is InChI=1S/C16H23N3O3/c1-5-14(20)18(4)9-15(21)19-8-6-7-13(19)16-17-12(10-22-16)11(2)3/h5,10-11,13H,1,6-9H2,2-4H3/t13-/m0/s1. The quantitative estimate of drug-likeness (QED) is 0.781. The summed E-state index contributed by atoms with van der Waals surface area (Å²) in [6, 6.07) is -0.132. The summed E-state index contributed by atoms with van der Waals surface area (Å²) < 4.78 is 5.56. The highest BCUT2D eigenvalue weighted by atomic mass is 16.3. The number of aromatic nitrogens is 1. The maximum atomic E-state index is 12.4. The van der Waals surface area contributed by atoms with Gasteiger partial charge in [-0.05, 0) is 24.8 Å². The van der Waals surface area contributed by atoms with Gasteiger partial charge in [-0.1, -0.05) is 20.4 Å². The molecule has 0 aliphatic carbocycles. The van der Waals surface area contributed by atoms with Gasteiger partial charge in [-0.3, -0.25) is 9.59 Å². The van der Waals surface area contributed by atoms with Gasteiger partial charge in [-0.25, -0.2) is 4.98 Å². The molecule has 6 heteroatoms. The van der Waals surface area contributed by atoms with Crippen LogP contribution in [0.2, 0.25) is 0 Å². The Bertz CT molecular complexity index is 565. The Morgan fingerprint density at radius 3 is 2.91 bits per heavy atom. The fraction of sp³-hybridized carbons (Fsp3) is 0.562. The second-order valence-corrected chi connectivity index (χ2v) is 5.91. The number of oxazole rings is 1. The number of likely N-dealkylation sites (N-methyl/N-ethyl adjacent to an activating group) is 1. The number of amides is 2. The first-order valence-corrected chi connectivity index (χ1v) is 7.56. The second kappa shape index (κ2) is 6.77. The number of likely N-dealkylation sites (tertiary alicyclic amines) is 1. The third-order valence-electron chi connectivity index (χ3n) is 3.91. The van der Waals surface area contributed by atoms with Crippen LogP contribution in [0.5, 0.6) is 0 Å². The van der Waals surface area contributed by atoms with Crippen molar-refractivity contribution in [1.82, 2.24) is 14.8 Å². The summed E-state index contributed by atoms with van der Waals surface area (Å²) in [6.07, 6.45) is 4.61. The van der Waals surface area contributed by atoms with Crippen LogP contribution >= 0.6 is 0 Å². The molecule has 1 atom stereocenters. The first-order valence-electron chi connectivity index (χ1n) is 7.56. The molecule has 0 N–H and O–H groups in total. The molecule has 0 aromatic carbocycles. The van der Waals surface area contributed by atoms with Crippen LogP contribution in [0.3, 0.4) is 0 Å². The van der Waals surface area contributed by atoms with Crippen molar-refractivity contribution >= 4 is 11.8 Å². The van der Waals surface area contributed by atoms with Crippen molar-refractivity contribution in [3.63, 3.8) is 0 Å². The number of hydrogen-bond acceptors (Lipinski definition) is 4. The molecule has 0 unspecified atom stereocenters. The average molecular weight is 305 g/mol. The molecule has 2 rings (SSSR count). The van der Waals surface area contributed by atoms with E-state index >= 15 is 0 Å². The smallest absolute Gasteiger partial charge is 0.246 e. The van der Waals surface area contributed by atoms with Crippen LogP contribution in [0.4, 0.5) is 0 Å². The largest absolute Gasteiger partial charge is 0.446 e. The van der Waals surface area contributed by atoms with E-state index in [1.807, 2.05) is 0 Å². The Morgan fingerprint density at radius 2 is 2.32 bits per heavy atom. The summed E-state index contributed by atoms with van der Waals surface area (Å²) in [5, 5.41) is 0. The van der Waals surface area contributed by atoms with Crippen molar-refractivity contribution in [2.24, 2.45) is 0 Å². The van der Waals surface area contributed by atoms with Gasteiger partial charge in [-0.2, -0.15) is 0 Å². The van der Waals surface area contributed by atoms with E-state index in [9.17, 15) is 9.59 Å². The first-order chi connectivity index (χ1) is 10.4. The lowest BCUT2D eigenvalue weighted by Crippen LogP contribution is -2.40. The lowest BCUT2D eigenvalue weighted by Gasteiger charge is -2.25. The fourth-order valence-corrected chi connectivity index (χ4v) is 2.57. The minimum Gasteiger partial charge on any atom is -0.446 e. The van der Waals surface area contributed by atoms with E-state index in [0.717, 1.165) is 18.5 Å². The van der Waals surface area contributed by atoms with Crippen LogP contribution in [-0.2, 0) is 9.59 Å². The molecule has 1 aromatic rings. The van der Waals surface area contributed by atoms with Gasteiger partial charge in [0.05, 0.1) is 12.2 Å². The zero-order valence-electron chi connectivity index (χ0n) is 13.4. The van der Waals surface area contributed by atoms with Gasteiger partial charge in [0.2, 0.25) is 17.7 Å². The predicted octanol–water partition coefficient (Wildman–Crippen LogP) is 2.11. The van der Waals surface area contributed by atoms with E-state index < -0.39 is 0 Å². The van der Waals surface area contributed by atoms with Crippen molar-refractivity contribution in [3.05, 3.63) is 30.5 Å². The van der Waals surface area contributed by atoms with Gasteiger partial charge in [0, 0.05) is 13.6 Å². The number of hydrogen-bond donors (Lipinski definition) is 0. The third-order valence-corrected chi connectivity index (χ3v) is 3.91. The highest BCUT2D eigenvalue weighted by Crippen LogP contribution is 2.32. The van der Waals surface area contributed by atoms with E-state index in [0.29, 0.717) is 18.4 Å². The lowest BCUT2D eigenvalue weighted by atomic mass is 10.1. The zero-order chi connectivity index (χ0) is 16.3. The van der Waals surface area contributed by atoms with E-state index in [1.165, 1.54) is 11.0 Å². The molecule has 1 aromatic heterocycles. The van der Waals surface area contributed by atoms with Crippen LogP contribution in [0.1, 0.15) is 50.2 Å². The molecular weight excluding hydrogens is 282 g/mol. The molecule has 0 bridgehead atoms. The molecule has 2 amide bonds. The molecule has 2 heterocycles. The molecule has 0 saturated carbocycles. The fourth-order valence-electron chi connectivity index (χ4n) is 2.57. The van der Waals surface area contributed by atoms with Crippen molar-refractivity contribution in [1.29, 1.82) is 0 Å². The molecule has 0 radical (unpaired) electrons. The summed E-state index contributed by atoms with van der Waals surface area (Å²) in [5.74, 6) is 0.526. The summed E-state index contributed by atoms with van der Waals surface area (Å²) >= 11 is 0. The van der Waals surface area contributed by atoms with E-state index in [2.05, 4.69) is 25.4 Å². The van der Waals surface area contributed by atoms with Crippen molar-refractivity contribution in [2.45, 2.75) is 38.6 Å². The Hall–Kier alpha value is -2.11. The third kappa shape index (κ3) is 3.37. The van der Waals surface area contributed by atoms with Gasteiger partial charge in [0.15, 0.2) is 0 Å². The molecule has 1 saturated heterocycles. The van der Waals surface area contributed by atoms with E-state index in [-0.39, 0.29) is 24.4 Å². The maximum Gasteiger partial charge on any atom is 0.246 e. The van der Waals surface area contributed by atoms with Gasteiger partial charge >= 0.3 is 0 Å².